The van der Waals surface area contributed by atoms with E-state index in [0.717, 1.165) is 17.7 Å². The van der Waals surface area contributed by atoms with E-state index in [2.05, 4.69) is 36.5 Å². The molecule has 0 aliphatic rings. The van der Waals surface area contributed by atoms with Gasteiger partial charge in [-0.1, -0.05) is 55.5 Å². The van der Waals surface area contributed by atoms with Crippen LogP contribution in [-0.4, -0.2) is 5.11 Å². The molecule has 2 aromatic rings. The van der Waals surface area contributed by atoms with Gasteiger partial charge < -0.3 is 10.4 Å². The maximum Gasteiger partial charge on any atom is 0.0781 e. The molecule has 0 aromatic heterocycles. The van der Waals surface area contributed by atoms with Crippen molar-refractivity contribution in [2.75, 3.05) is 5.32 Å². The molecule has 0 amide bonds. The Morgan fingerprint density at radius 2 is 1.63 bits per heavy atom. The zero-order valence-electron chi connectivity index (χ0n) is 11.5. The fraction of sp³-hybridized carbons (Fsp3) is 0.294. The third kappa shape index (κ3) is 3.36. The average Bonchev–Trinajstić information content (AvgIpc) is 2.46. The van der Waals surface area contributed by atoms with Gasteiger partial charge in [0.05, 0.1) is 12.1 Å². The van der Waals surface area contributed by atoms with E-state index < -0.39 is 6.10 Å². The molecule has 0 radical (unpaired) electrons. The molecule has 0 fully saturated rings. The first-order chi connectivity index (χ1) is 9.22. The molecule has 100 valence electrons. The number of nitrogens with one attached hydrogen (secondary N) is 1. The van der Waals surface area contributed by atoms with Gasteiger partial charge in [-0.05, 0) is 25.0 Å². The van der Waals surface area contributed by atoms with Gasteiger partial charge in [0.25, 0.3) is 0 Å². The van der Waals surface area contributed by atoms with Crippen molar-refractivity contribution in [2.45, 2.75) is 32.4 Å². The SMILES string of the molecule is CCC(Nc1ccccc1C(C)O)c1ccccc1. The van der Waals surface area contributed by atoms with Crippen LogP contribution in [0.15, 0.2) is 54.6 Å². The highest BCUT2D eigenvalue weighted by molar-refractivity contribution is 5.53. The van der Waals surface area contributed by atoms with Crippen LogP contribution >= 0.6 is 0 Å². The smallest absolute Gasteiger partial charge is 0.0781 e. The number of aliphatic hydroxyl groups excluding tert-OH is 1. The second-order valence-corrected chi connectivity index (χ2v) is 4.78. The summed E-state index contributed by atoms with van der Waals surface area (Å²) in [7, 11) is 0. The molecule has 2 rings (SSSR count). The van der Waals surface area contributed by atoms with Crippen molar-refractivity contribution in [1.82, 2.24) is 0 Å². The zero-order chi connectivity index (χ0) is 13.7. The van der Waals surface area contributed by atoms with E-state index in [9.17, 15) is 5.11 Å². The van der Waals surface area contributed by atoms with Crippen LogP contribution in [0.4, 0.5) is 5.69 Å². The van der Waals surface area contributed by atoms with Gasteiger partial charge in [0.15, 0.2) is 0 Å². The lowest BCUT2D eigenvalue weighted by Crippen LogP contribution is -2.11. The van der Waals surface area contributed by atoms with E-state index in [0.29, 0.717) is 0 Å². The molecule has 0 heterocycles. The Hall–Kier alpha value is -1.80. The second-order valence-electron chi connectivity index (χ2n) is 4.78. The van der Waals surface area contributed by atoms with Crippen molar-refractivity contribution >= 4 is 5.69 Å². The standard InChI is InChI=1S/C17H21NO/c1-3-16(14-9-5-4-6-10-14)18-17-12-8-7-11-15(17)13(2)19/h4-13,16,18-19H,3H2,1-2H3. The lowest BCUT2D eigenvalue weighted by Gasteiger charge is -2.21. The van der Waals surface area contributed by atoms with Gasteiger partial charge in [-0.15, -0.1) is 0 Å². The minimum absolute atomic E-state index is 0.265. The number of aliphatic hydroxyl groups is 1. The molecule has 19 heavy (non-hydrogen) atoms. The Bertz CT molecular complexity index is 508. The van der Waals surface area contributed by atoms with Gasteiger partial charge in [0, 0.05) is 11.3 Å². The van der Waals surface area contributed by atoms with Crippen LogP contribution in [0, 0.1) is 0 Å². The quantitative estimate of drug-likeness (QED) is 0.834. The first-order valence-electron chi connectivity index (χ1n) is 6.80. The van der Waals surface area contributed by atoms with Crippen LogP contribution in [-0.2, 0) is 0 Å². The normalized spacial score (nSPS) is 13.8. The monoisotopic (exact) mass is 255 g/mol. The Morgan fingerprint density at radius 3 is 2.26 bits per heavy atom. The van der Waals surface area contributed by atoms with Crippen LogP contribution in [0.25, 0.3) is 0 Å². The molecule has 0 bridgehead atoms. The van der Waals surface area contributed by atoms with Gasteiger partial charge in [0.1, 0.15) is 0 Å². The van der Waals surface area contributed by atoms with Crippen molar-refractivity contribution in [1.29, 1.82) is 0 Å². The van der Waals surface area contributed by atoms with Crippen molar-refractivity contribution < 1.29 is 5.11 Å². The number of rotatable bonds is 5. The summed E-state index contributed by atoms with van der Waals surface area (Å²) < 4.78 is 0. The maximum atomic E-state index is 9.82. The molecule has 2 N–H and O–H groups in total. The second kappa shape index (κ2) is 6.39. The summed E-state index contributed by atoms with van der Waals surface area (Å²) in [6, 6.07) is 18.6. The molecular weight excluding hydrogens is 234 g/mol. The summed E-state index contributed by atoms with van der Waals surface area (Å²) >= 11 is 0. The van der Waals surface area contributed by atoms with E-state index in [1.807, 2.05) is 30.3 Å². The Labute approximate surface area is 115 Å². The van der Waals surface area contributed by atoms with Crippen molar-refractivity contribution in [3.05, 3.63) is 65.7 Å². The highest BCUT2D eigenvalue weighted by Crippen LogP contribution is 2.28. The van der Waals surface area contributed by atoms with Gasteiger partial charge in [-0.25, -0.2) is 0 Å². The van der Waals surface area contributed by atoms with E-state index in [1.165, 1.54) is 5.56 Å². The van der Waals surface area contributed by atoms with E-state index in [1.54, 1.807) is 6.92 Å². The lowest BCUT2D eigenvalue weighted by molar-refractivity contribution is 0.200. The predicted molar refractivity (Wildman–Crippen MR) is 80.2 cm³/mol. The molecule has 2 atom stereocenters. The molecule has 0 aliphatic carbocycles. The molecule has 0 aliphatic heterocycles. The van der Waals surface area contributed by atoms with Gasteiger partial charge in [-0.2, -0.15) is 0 Å². The fourth-order valence-corrected chi connectivity index (χ4v) is 2.29. The van der Waals surface area contributed by atoms with E-state index in [-0.39, 0.29) is 6.04 Å². The number of hydrogen-bond donors (Lipinski definition) is 2. The summed E-state index contributed by atoms with van der Waals surface area (Å²) in [6.07, 6.45) is 0.537. The van der Waals surface area contributed by atoms with Crippen LogP contribution in [0.5, 0.6) is 0 Å². The largest absolute Gasteiger partial charge is 0.389 e. The average molecular weight is 255 g/mol. The Balaban J connectivity index is 2.24. The number of para-hydroxylation sites is 1. The summed E-state index contributed by atoms with van der Waals surface area (Å²) in [6.45, 7) is 3.96. The van der Waals surface area contributed by atoms with E-state index in [4.69, 9.17) is 0 Å². The first-order valence-corrected chi connectivity index (χ1v) is 6.80. The molecule has 2 unspecified atom stereocenters. The van der Waals surface area contributed by atoms with Crippen LogP contribution < -0.4 is 5.32 Å². The number of benzene rings is 2. The van der Waals surface area contributed by atoms with Gasteiger partial charge in [0.2, 0.25) is 0 Å². The first kappa shape index (κ1) is 13.6. The van der Waals surface area contributed by atoms with Crippen LogP contribution in [0.1, 0.15) is 43.5 Å². The summed E-state index contributed by atoms with van der Waals surface area (Å²) in [4.78, 5) is 0. The minimum atomic E-state index is -0.461. The fourth-order valence-electron chi connectivity index (χ4n) is 2.29. The van der Waals surface area contributed by atoms with Crippen LogP contribution in [0.3, 0.4) is 0 Å². The molecule has 0 spiro atoms. The zero-order valence-corrected chi connectivity index (χ0v) is 11.5. The number of anilines is 1. The van der Waals surface area contributed by atoms with Crippen LogP contribution in [0.2, 0.25) is 0 Å². The molecule has 0 saturated carbocycles. The predicted octanol–water partition coefficient (Wildman–Crippen LogP) is 4.30. The summed E-state index contributed by atoms with van der Waals surface area (Å²) in [5, 5.41) is 13.4. The molecule has 2 aromatic carbocycles. The highest BCUT2D eigenvalue weighted by atomic mass is 16.3. The minimum Gasteiger partial charge on any atom is -0.389 e. The Kier molecular flexibility index (Phi) is 4.58. The van der Waals surface area contributed by atoms with Crippen molar-refractivity contribution in [3.63, 3.8) is 0 Å². The van der Waals surface area contributed by atoms with Crippen molar-refractivity contribution in [2.24, 2.45) is 0 Å². The van der Waals surface area contributed by atoms with Gasteiger partial charge >= 0.3 is 0 Å². The summed E-state index contributed by atoms with van der Waals surface area (Å²) in [5.41, 5.74) is 3.22. The number of hydrogen-bond acceptors (Lipinski definition) is 2. The molecular formula is C17H21NO. The van der Waals surface area contributed by atoms with E-state index >= 15 is 0 Å². The summed E-state index contributed by atoms with van der Waals surface area (Å²) in [5.74, 6) is 0. The maximum absolute atomic E-state index is 9.82. The van der Waals surface area contributed by atoms with Crippen molar-refractivity contribution in [3.8, 4) is 0 Å². The third-order valence-corrected chi connectivity index (χ3v) is 3.35. The molecule has 2 heteroatoms. The molecule has 0 saturated heterocycles. The topological polar surface area (TPSA) is 32.3 Å². The molecule has 2 nitrogen and oxygen atoms in total. The van der Waals surface area contributed by atoms with Gasteiger partial charge in [-0.3, -0.25) is 0 Å². The Morgan fingerprint density at radius 1 is 1.00 bits per heavy atom. The third-order valence-electron chi connectivity index (χ3n) is 3.35. The highest BCUT2D eigenvalue weighted by Gasteiger charge is 2.12. The lowest BCUT2D eigenvalue weighted by atomic mass is 10.0.